The van der Waals surface area contributed by atoms with Crippen LogP contribution in [0.2, 0.25) is 5.02 Å². The molecule has 156 valence electrons. The van der Waals surface area contributed by atoms with Crippen molar-refractivity contribution >= 4 is 24.2 Å². The predicted molar refractivity (Wildman–Crippen MR) is 112 cm³/mol. The average Bonchev–Trinajstić information content (AvgIpc) is 2.74. The van der Waals surface area contributed by atoms with Crippen molar-refractivity contribution in [3.63, 3.8) is 0 Å². The SMILES string of the molecule is CC(C)(C)c1cc(C2CCC(F)(F)CC2)c(B2OC(C)(C)C(C)(C)O2)cc1Cl. The van der Waals surface area contributed by atoms with E-state index < -0.39 is 24.2 Å². The molecule has 1 aliphatic heterocycles. The van der Waals surface area contributed by atoms with E-state index in [0.29, 0.717) is 17.9 Å². The molecule has 1 aromatic carbocycles. The number of rotatable bonds is 2. The predicted octanol–water partition coefficient (Wildman–Crippen LogP) is 6.23. The van der Waals surface area contributed by atoms with Gasteiger partial charge in [0.05, 0.1) is 11.2 Å². The van der Waals surface area contributed by atoms with Crippen LogP contribution in [0.1, 0.15) is 91.2 Å². The second kappa shape index (κ2) is 6.96. The molecule has 0 amide bonds. The van der Waals surface area contributed by atoms with E-state index in [1.807, 2.05) is 33.8 Å². The molecule has 1 aromatic rings. The van der Waals surface area contributed by atoms with Crippen LogP contribution in [-0.2, 0) is 14.7 Å². The van der Waals surface area contributed by atoms with Gasteiger partial charge in [0.25, 0.3) is 0 Å². The molecular weight excluding hydrogens is 381 g/mol. The summed E-state index contributed by atoms with van der Waals surface area (Å²) in [6.45, 7) is 14.4. The van der Waals surface area contributed by atoms with Gasteiger partial charge in [-0.05, 0) is 74.5 Å². The van der Waals surface area contributed by atoms with Crippen LogP contribution >= 0.6 is 11.6 Å². The first-order valence-corrected chi connectivity index (χ1v) is 10.6. The Morgan fingerprint density at radius 3 is 1.96 bits per heavy atom. The van der Waals surface area contributed by atoms with Gasteiger partial charge in [-0.25, -0.2) is 8.78 Å². The van der Waals surface area contributed by atoms with Gasteiger partial charge in [-0.2, -0.15) is 0 Å². The van der Waals surface area contributed by atoms with Crippen LogP contribution in [0.4, 0.5) is 8.78 Å². The molecule has 0 unspecified atom stereocenters. The van der Waals surface area contributed by atoms with Gasteiger partial charge in [0, 0.05) is 17.9 Å². The van der Waals surface area contributed by atoms with E-state index in [9.17, 15) is 8.78 Å². The number of hydrogen-bond donors (Lipinski definition) is 0. The van der Waals surface area contributed by atoms with Crippen molar-refractivity contribution in [2.24, 2.45) is 0 Å². The third kappa shape index (κ3) is 4.13. The van der Waals surface area contributed by atoms with Crippen molar-refractivity contribution in [1.29, 1.82) is 0 Å². The van der Waals surface area contributed by atoms with Crippen molar-refractivity contribution in [2.75, 3.05) is 0 Å². The van der Waals surface area contributed by atoms with E-state index in [0.717, 1.165) is 16.6 Å². The fourth-order valence-electron chi connectivity index (χ4n) is 4.06. The summed E-state index contributed by atoms with van der Waals surface area (Å²) >= 11 is 6.66. The summed E-state index contributed by atoms with van der Waals surface area (Å²) in [6, 6.07) is 4.04. The fourth-order valence-corrected chi connectivity index (χ4v) is 4.51. The largest absolute Gasteiger partial charge is 0.495 e. The lowest BCUT2D eigenvalue weighted by Gasteiger charge is -2.32. The summed E-state index contributed by atoms with van der Waals surface area (Å²) in [6.07, 6.45) is 0.775. The fraction of sp³-hybridized carbons (Fsp3) is 0.727. The molecule has 3 rings (SSSR count). The molecule has 2 nitrogen and oxygen atoms in total. The molecule has 1 saturated carbocycles. The molecule has 0 N–H and O–H groups in total. The second-order valence-electron chi connectivity index (χ2n) is 10.4. The van der Waals surface area contributed by atoms with Gasteiger partial charge in [-0.3, -0.25) is 0 Å². The molecule has 6 heteroatoms. The molecule has 1 heterocycles. The molecular formula is C22H32BClF2O2. The van der Waals surface area contributed by atoms with Crippen LogP contribution < -0.4 is 5.46 Å². The van der Waals surface area contributed by atoms with Gasteiger partial charge >= 0.3 is 7.12 Å². The minimum Gasteiger partial charge on any atom is -0.399 e. The second-order valence-corrected chi connectivity index (χ2v) is 10.8. The van der Waals surface area contributed by atoms with Crippen LogP contribution in [0.3, 0.4) is 0 Å². The molecule has 2 fully saturated rings. The zero-order valence-corrected chi connectivity index (χ0v) is 18.8. The Bertz CT molecular complexity index is 730. The van der Waals surface area contributed by atoms with Crippen molar-refractivity contribution in [1.82, 2.24) is 0 Å². The molecule has 0 radical (unpaired) electrons. The van der Waals surface area contributed by atoms with Crippen LogP contribution in [0, 0.1) is 0 Å². The molecule has 0 atom stereocenters. The van der Waals surface area contributed by atoms with Crippen molar-refractivity contribution in [3.8, 4) is 0 Å². The first kappa shape index (κ1) is 22.0. The Hall–Kier alpha value is -0.645. The van der Waals surface area contributed by atoms with Gasteiger partial charge < -0.3 is 9.31 Å². The van der Waals surface area contributed by atoms with Crippen LogP contribution in [0.15, 0.2) is 12.1 Å². The molecule has 0 bridgehead atoms. The van der Waals surface area contributed by atoms with E-state index in [1.54, 1.807) is 0 Å². The van der Waals surface area contributed by atoms with E-state index >= 15 is 0 Å². The standard InChI is InChI=1S/C22H32BClF2O2/c1-19(2,3)16-12-15(14-8-10-22(25,26)11-9-14)17(13-18(16)24)23-27-20(4,5)21(6,7)28-23/h12-14H,8-11H2,1-7H3. The Kier molecular flexibility index (Phi) is 5.48. The highest BCUT2D eigenvalue weighted by Crippen LogP contribution is 2.43. The molecule has 1 saturated heterocycles. The lowest BCUT2D eigenvalue weighted by Crippen LogP contribution is -2.41. The highest BCUT2D eigenvalue weighted by atomic mass is 35.5. The van der Waals surface area contributed by atoms with Crippen LogP contribution in [-0.4, -0.2) is 24.2 Å². The number of alkyl halides is 2. The average molecular weight is 413 g/mol. The molecule has 0 spiro atoms. The Morgan fingerprint density at radius 1 is 1.00 bits per heavy atom. The van der Waals surface area contributed by atoms with Gasteiger partial charge in [0.2, 0.25) is 5.92 Å². The number of benzene rings is 1. The Balaban J connectivity index is 2.05. The minimum absolute atomic E-state index is 0.0621. The number of hydrogen-bond acceptors (Lipinski definition) is 2. The maximum absolute atomic E-state index is 13.8. The van der Waals surface area contributed by atoms with Crippen molar-refractivity contribution in [3.05, 3.63) is 28.3 Å². The van der Waals surface area contributed by atoms with Gasteiger partial charge in [0.1, 0.15) is 0 Å². The zero-order valence-electron chi connectivity index (χ0n) is 18.1. The number of halogens is 3. The first-order valence-electron chi connectivity index (χ1n) is 10.2. The normalized spacial score (nSPS) is 24.6. The molecule has 1 aliphatic carbocycles. The quantitative estimate of drug-likeness (QED) is 0.536. The topological polar surface area (TPSA) is 18.5 Å². The molecule has 0 aromatic heterocycles. The van der Waals surface area contributed by atoms with E-state index in [-0.39, 0.29) is 24.2 Å². The molecule has 28 heavy (non-hydrogen) atoms. The van der Waals surface area contributed by atoms with E-state index in [4.69, 9.17) is 20.9 Å². The van der Waals surface area contributed by atoms with Crippen molar-refractivity contribution in [2.45, 2.75) is 103 Å². The zero-order chi connectivity index (χ0) is 21.1. The summed E-state index contributed by atoms with van der Waals surface area (Å²) in [5, 5.41) is 0.669. The van der Waals surface area contributed by atoms with Crippen molar-refractivity contribution < 1.29 is 18.1 Å². The minimum atomic E-state index is -2.56. The van der Waals surface area contributed by atoms with E-state index in [2.05, 4.69) is 26.8 Å². The summed E-state index contributed by atoms with van der Waals surface area (Å²) in [4.78, 5) is 0. The third-order valence-electron chi connectivity index (χ3n) is 6.64. The van der Waals surface area contributed by atoms with Gasteiger partial charge in [0.15, 0.2) is 0 Å². The maximum Gasteiger partial charge on any atom is 0.495 e. The summed E-state index contributed by atoms with van der Waals surface area (Å²) in [5.41, 5.74) is 1.88. The van der Waals surface area contributed by atoms with Crippen LogP contribution in [0.25, 0.3) is 0 Å². The first-order chi connectivity index (χ1) is 12.6. The summed E-state index contributed by atoms with van der Waals surface area (Å²) in [5.74, 6) is -2.49. The Morgan fingerprint density at radius 2 is 1.50 bits per heavy atom. The lowest BCUT2D eigenvalue weighted by molar-refractivity contribution is -0.0381. The monoisotopic (exact) mass is 412 g/mol. The third-order valence-corrected chi connectivity index (χ3v) is 6.96. The van der Waals surface area contributed by atoms with Gasteiger partial charge in [-0.15, -0.1) is 0 Å². The summed E-state index contributed by atoms with van der Waals surface area (Å²) < 4.78 is 40.1. The lowest BCUT2D eigenvalue weighted by atomic mass is 9.68. The highest BCUT2D eigenvalue weighted by molar-refractivity contribution is 6.63. The Labute approximate surface area is 173 Å². The maximum atomic E-state index is 13.8. The smallest absolute Gasteiger partial charge is 0.399 e. The highest BCUT2D eigenvalue weighted by Gasteiger charge is 2.53. The van der Waals surface area contributed by atoms with E-state index in [1.165, 1.54) is 0 Å². The molecule has 2 aliphatic rings. The van der Waals surface area contributed by atoms with Gasteiger partial charge in [-0.1, -0.05) is 38.4 Å². The van der Waals surface area contributed by atoms with Crippen LogP contribution in [0.5, 0.6) is 0 Å². The summed E-state index contributed by atoms with van der Waals surface area (Å²) in [7, 11) is -0.547.